The van der Waals surface area contributed by atoms with Gasteiger partial charge in [0.15, 0.2) is 0 Å². The van der Waals surface area contributed by atoms with Crippen LogP contribution < -0.4 is 5.73 Å². The second kappa shape index (κ2) is 2.25. The summed E-state index contributed by atoms with van der Waals surface area (Å²) in [6.45, 7) is 1.23. The summed E-state index contributed by atoms with van der Waals surface area (Å²) in [5, 5.41) is 0. The van der Waals surface area contributed by atoms with Gasteiger partial charge >= 0.3 is 0 Å². The maximum Gasteiger partial charge on any atom is 0.0802 e. The molecule has 0 unspecified atom stereocenters. The van der Waals surface area contributed by atoms with E-state index in [1.807, 2.05) is 0 Å². The standard InChI is InChI=1S/C11H19N/c12-7-11-5-1-2-10(11)8-3-4-9(11)6-8/h8-10H,1-7,12H2/p+1/t8-,9-,10+,11-/m1/s1. The third kappa shape index (κ3) is 0.654. The van der Waals surface area contributed by atoms with E-state index in [-0.39, 0.29) is 0 Å². The lowest BCUT2D eigenvalue weighted by atomic mass is 9.68. The molecule has 0 radical (unpaired) electrons. The Morgan fingerprint density at radius 1 is 1.25 bits per heavy atom. The third-order valence-electron chi connectivity index (χ3n) is 5.22. The highest BCUT2D eigenvalue weighted by atomic mass is 14.7. The smallest absolute Gasteiger partial charge is 0.0802 e. The minimum Gasteiger partial charge on any atom is -0.357 e. The van der Waals surface area contributed by atoms with Crippen molar-refractivity contribution in [1.29, 1.82) is 0 Å². The molecule has 3 rings (SSSR count). The van der Waals surface area contributed by atoms with Gasteiger partial charge in [-0.25, -0.2) is 0 Å². The molecule has 0 amide bonds. The minimum atomic E-state index is 0.753. The molecule has 12 heavy (non-hydrogen) atoms. The molecule has 3 aliphatic rings. The van der Waals surface area contributed by atoms with E-state index in [9.17, 15) is 0 Å². The predicted octanol–water partition coefficient (Wildman–Crippen LogP) is 1.44. The highest BCUT2D eigenvalue weighted by molar-refractivity contribution is 5.08. The molecule has 0 saturated heterocycles. The van der Waals surface area contributed by atoms with Crippen LogP contribution in [0.1, 0.15) is 38.5 Å². The van der Waals surface area contributed by atoms with E-state index in [2.05, 4.69) is 5.73 Å². The summed E-state index contributed by atoms with van der Waals surface area (Å²) < 4.78 is 0. The predicted molar refractivity (Wildman–Crippen MR) is 48.4 cm³/mol. The Morgan fingerprint density at radius 3 is 2.92 bits per heavy atom. The molecule has 2 bridgehead atoms. The monoisotopic (exact) mass is 166 g/mol. The zero-order valence-electron chi connectivity index (χ0n) is 7.89. The van der Waals surface area contributed by atoms with E-state index in [0.717, 1.165) is 23.2 Å². The molecule has 0 aromatic heterocycles. The molecule has 3 N–H and O–H groups in total. The van der Waals surface area contributed by atoms with Gasteiger partial charge in [0, 0.05) is 5.41 Å². The molecular formula is C11H20N+. The van der Waals surface area contributed by atoms with Gasteiger partial charge in [0.1, 0.15) is 0 Å². The minimum absolute atomic E-state index is 0.753. The van der Waals surface area contributed by atoms with Crippen molar-refractivity contribution in [2.75, 3.05) is 6.54 Å². The van der Waals surface area contributed by atoms with E-state index < -0.39 is 0 Å². The molecule has 3 aliphatic carbocycles. The quantitative estimate of drug-likeness (QED) is 0.610. The van der Waals surface area contributed by atoms with Crippen LogP contribution in [0.3, 0.4) is 0 Å². The first-order valence-corrected chi connectivity index (χ1v) is 5.66. The Balaban J connectivity index is 1.98. The van der Waals surface area contributed by atoms with Crippen LogP contribution in [-0.2, 0) is 0 Å². The van der Waals surface area contributed by atoms with Crippen molar-refractivity contribution < 1.29 is 5.73 Å². The van der Waals surface area contributed by atoms with Crippen molar-refractivity contribution in [1.82, 2.24) is 0 Å². The average Bonchev–Trinajstić information content (AvgIpc) is 2.76. The number of fused-ring (bicyclic) bond motifs is 5. The third-order valence-corrected chi connectivity index (χ3v) is 5.22. The van der Waals surface area contributed by atoms with Gasteiger partial charge in [-0.3, -0.25) is 0 Å². The first-order chi connectivity index (χ1) is 5.87. The highest BCUT2D eigenvalue weighted by Gasteiger charge is 2.59. The Hall–Kier alpha value is -0.0400. The van der Waals surface area contributed by atoms with E-state index in [1.165, 1.54) is 32.2 Å². The van der Waals surface area contributed by atoms with Crippen molar-refractivity contribution in [3.05, 3.63) is 0 Å². The van der Waals surface area contributed by atoms with E-state index >= 15 is 0 Å². The average molecular weight is 166 g/mol. The number of hydrogen-bond acceptors (Lipinski definition) is 0. The van der Waals surface area contributed by atoms with Crippen molar-refractivity contribution in [2.45, 2.75) is 38.5 Å². The Labute approximate surface area is 74.7 Å². The van der Waals surface area contributed by atoms with Crippen LogP contribution in [0, 0.1) is 23.2 Å². The van der Waals surface area contributed by atoms with Gasteiger partial charge in [-0.1, -0.05) is 6.42 Å². The first-order valence-electron chi connectivity index (χ1n) is 5.66. The fourth-order valence-corrected chi connectivity index (χ4v) is 4.75. The van der Waals surface area contributed by atoms with Crippen molar-refractivity contribution in [2.24, 2.45) is 23.2 Å². The summed E-state index contributed by atoms with van der Waals surface area (Å²) >= 11 is 0. The molecule has 4 atom stereocenters. The second-order valence-corrected chi connectivity index (χ2v) is 5.25. The van der Waals surface area contributed by atoms with Crippen molar-refractivity contribution in [3.8, 4) is 0 Å². The van der Waals surface area contributed by atoms with Gasteiger partial charge in [-0.15, -0.1) is 0 Å². The van der Waals surface area contributed by atoms with Crippen molar-refractivity contribution >= 4 is 0 Å². The fraction of sp³-hybridized carbons (Fsp3) is 1.00. The van der Waals surface area contributed by atoms with Gasteiger partial charge in [-0.05, 0) is 49.9 Å². The maximum atomic E-state index is 4.22. The molecule has 3 saturated carbocycles. The Kier molecular flexibility index (Phi) is 1.39. The normalized spacial score (nSPS) is 56.2. The zero-order chi connectivity index (χ0) is 8.18. The lowest BCUT2D eigenvalue weighted by molar-refractivity contribution is -0.399. The molecule has 0 aromatic rings. The van der Waals surface area contributed by atoms with Crippen LogP contribution in [0.5, 0.6) is 0 Å². The second-order valence-electron chi connectivity index (χ2n) is 5.25. The van der Waals surface area contributed by atoms with Gasteiger partial charge in [0.25, 0.3) is 0 Å². The fourth-order valence-electron chi connectivity index (χ4n) is 4.75. The molecule has 0 spiro atoms. The largest absolute Gasteiger partial charge is 0.357 e. The van der Waals surface area contributed by atoms with Crippen molar-refractivity contribution in [3.63, 3.8) is 0 Å². The van der Waals surface area contributed by atoms with Gasteiger partial charge in [-0.2, -0.15) is 0 Å². The number of rotatable bonds is 1. The summed E-state index contributed by atoms with van der Waals surface area (Å²) in [4.78, 5) is 0. The van der Waals surface area contributed by atoms with E-state index in [1.54, 1.807) is 12.8 Å². The van der Waals surface area contributed by atoms with Crippen LogP contribution in [0.25, 0.3) is 0 Å². The maximum absolute atomic E-state index is 4.22. The summed E-state index contributed by atoms with van der Waals surface area (Å²) in [6, 6.07) is 0. The summed E-state index contributed by atoms with van der Waals surface area (Å²) in [7, 11) is 0. The molecule has 0 heterocycles. The Bertz CT molecular complexity index is 201. The van der Waals surface area contributed by atoms with Crippen LogP contribution in [0.2, 0.25) is 0 Å². The van der Waals surface area contributed by atoms with Crippen LogP contribution in [0.4, 0.5) is 0 Å². The van der Waals surface area contributed by atoms with Gasteiger partial charge < -0.3 is 5.73 Å². The van der Waals surface area contributed by atoms with Crippen LogP contribution in [0.15, 0.2) is 0 Å². The van der Waals surface area contributed by atoms with E-state index in [4.69, 9.17) is 0 Å². The van der Waals surface area contributed by atoms with Crippen LogP contribution >= 0.6 is 0 Å². The summed E-state index contributed by atoms with van der Waals surface area (Å²) in [6.07, 6.45) is 9.22. The zero-order valence-corrected chi connectivity index (χ0v) is 7.89. The molecule has 68 valence electrons. The molecule has 3 fully saturated rings. The topological polar surface area (TPSA) is 27.6 Å². The first kappa shape index (κ1) is 7.37. The molecule has 0 aliphatic heterocycles. The highest BCUT2D eigenvalue weighted by Crippen LogP contribution is 2.65. The SMILES string of the molecule is [NH3+]C[C@@]12CCC[C@H]1[C@@H]1CC[C@@H]2C1. The number of quaternary nitrogens is 1. The molecular weight excluding hydrogens is 146 g/mol. The van der Waals surface area contributed by atoms with Gasteiger partial charge in [0.2, 0.25) is 0 Å². The van der Waals surface area contributed by atoms with Gasteiger partial charge in [0.05, 0.1) is 6.54 Å². The van der Waals surface area contributed by atoms with Crippen LogP contribution in [-0.4, -0.2) is 6.54 Å². The Morgan fingerprint density at radius 2 is 2.17 bits per heavy atom. The molecule has 1 heteroatoms. The lowest BCUT2D eigenvalue weighted by Gasteiger charge is -2.36. The lowest BCUT2D eigenvalue weighted by Crippen LogP contribution is -2.60. The summed E-state index contributed by atoms with van der Waals surface area (Å²) in [5.74, 6) is 3.32. The van der Waals surface area contributed by atoms with E-state index in [0.29, 0.717) is 0 Å². The number of hydrogen-bond donors (Lipinski definition) is 1. The molecule has 0 aromatic carbocycles. The summed E-state index contributed by atoms with van der Waals surface area (Å²) in [5.41, 5.74) is 4.97. The molecule has 1 nitrogen and oxygen atoms in total.